The van der Waals surface area contributed by atoms with Gasteiger partial charge in [0.1, 0.15) is 0 Å². The third kappa shape index (κ3) is 3.01. The van der Waals surface area contributed by atoms with Crippen LogP contribution in [-0.2, 0) is 6.61 Å². The number of hydrogen-bond acceptors (Lipinski definition) is 4. The van der Waals surface area contributed by atoms with Gasteiger partial charge in [0.15, 0.2) is 5.13 Å². The topological polar surface area (TPSA) is 36.4 Å². The Morgan fingerprint density at radius 2 is 1.85 bits per heavy atom. The molecule has 3 nitrogen and oxygen atoms in total. The third-order valence-electron chi connectivity index (χ3n) is 5.00. The predicted octanol–water partition coefficient (Wildman–Crippen LogP) is 4.17. The molecule has 0 aliphatic carbocycles. The van der Waals surface area contributed by atoms with Crippen molar-refractivity contribution in [3.8, 4) is 0 Å². The van der Waals surface area contributed by atoms with Crippen molar-refractivity contribution in [2.24, 2.45) is 5.41 Å². The van der Waals surface area contributed by atoms with Crippen molar-refractivity contribution in [1.29, 1.82) is 0 Å². The first kappa shape index (κ1) is 15.8. The molecule has 1 saturated heterocycles. The summed E-state index contributed by atoms with van der Waals surface area (Å²) >= 11 is 1.67. The summed E-state index contributed by atoms with van der Waals surface area (Å²) in [7, 11) is 0. The van der Waals surface area contributed by atoms with E-state index in [0.717, 1.165) is 28.8 Å². The molecule has 0 atom stereocenters. The number of aliphatic hydroxyl groups excluding tert-OH is 1. The predicted molar refractivity (Wildman–Crippen MR) is 86.6 cm³/mol. The smallest absolute Gasteiger partial charge is 0.185 e. The largest absolute Gasteiger partial charge is 0.391 e. The van der Waals surface area contributed by atoms with E-state index in [1.165, 1.54) is 25.7 Å². The van der Waals surface area contributed by atoms with Crippen LogP contribution >= 0.6 is 11.3 Å². The maximum Gasteiger partial charge on any atom is 0.185 e. The van der Waals surface area contributed by atoms with Gasteiger partial charge in [0.2, 0.25) is 0 Å². The number of piperidine rings is 1. The first-order chi connectivity index (χ1) is 9.55. The second-order valence-corrected chi connectivity index (χ2v) is 7.37. The van der Waals surface area contributed by atoms with Crippen LogP contribution in [0.1, 0.15) is 69.9 Å². The lowest BCUT2D eigenvalue weighted by Crippen LogP contribution is -2.39. The van der Waals surface area contributed by atoms with Gasteiger partial charge in [-0.15, -0.1) is 0 Å². The average Bonchev–Trinajstić information content (AvgIpc) is 2.92. The van der Waals surface area contributed by atoms with Gasteiger partial charge in [-0.1, -0.05) is 51.9 Å². The van der Waals surface area contributed by atoms with Gasteiger partial charge >= 0.3 is 0 Å². The lowest BCUT2D eigenvalue weighted by Gasteiger charge is -2.41. The minimum atomic E-state index is 0.118. The van der Waals surface area contributed by atoms with Crippen LogP contribution in [0, 0.1) is 5.41 Å². The Hall–Kier alpha value is -0.610. The molecule has 1 aliphatic rings. The zero-order valence-electron chi connectivity index (χ0n) is 13.3. The molecular formula is C16H28N2OS. The Bertz CT molecular complexity index is 428. The van der Waals surface area contributed by atoms with E-state index in [-0.39, 0.29) is 6.61 Å². The van der Waals surface area contributed by atoms with Crippen molar-refractivity contribution in [2.45, 2.75) is 65.9 Å². The third-order valence-corrected chi connectivity index (χ3v) is 6.12. The molecule has 2 heterocycles. The fourth-order valence-electron chi connectivity index (χ4n) is 3.18. The van der Waals surface area contributed by atoms with Crippen LogP contribution in [-0.4, -0.2) is 23.2 Å². The molecule has 0 saturated carbocycles. The molecule has 4 heteroatoms. The van der Waals surface area contributed by atoms with Crippen molar-refractivity contribution >= 4 is 16.5 Å². The molecule has 0 radical (unpaired) electrons. The van der Waals surface area contributed by atoms with Crippen molar-refractivity contribution < 1.29 is 5.11 Å². The standard InChI is InChI=1S/C16H28N2OS/c1-5-16(6-2)7-9-18(10-8-16)15-17-14(12(3)4)13(11-19)20-15/h12,19H,5-11H2,1-4H3. The highest BCUT2D eigenvalue weighted by atomic mass is 32.1. The molecule has 0 amide bonds. The van der Waals surface area contributed by atoms with Gasteiger partial charge in [-0.05, 0) is 24.2 Å². The van der Waals surface area contributed by atoms with E-state index >= 15 is 0 Å². The van der Waals surface area contributed by atoms with Gasteiger partial charge in [-0.25, -0.2) is 4.98 Å². The summed E-state index contributed by atoms with van der Waals surface area (Å²) in [6.45, 7) is 11.3. The minimum Gasteiger partial charge on any atom is -0.391 e. The molecule has 1 fully saturated rings. The van der Waals surface area contributed by atoms with Gasteiger partial charge in [0.25, 0.3) is 0 Å². The summed E-state index contributed by atoms with van der Waals surface area (Å²) in [4.78, 5) is 8.24. The van der Waals surface area contributed by atoms with Crippen molar-refractivity contribution in [2.75, 3.05) is 18.0 Å². The number of aliphatic hydroxyl groups is 1. The second-order valence-electron chi connectivity index (χ2n) is 6.31. The number of nitrogens with zero attached hydrogens (tertiary/aromatic N) is 2. The maximum atomic E-state index is 9.49. The van der Waals surface area contributed by atoms with E-state index < -0.39 is 0 Å². The van der Waals surface area contributed by atoms with E-state index in [2.05, 4.69) is 32.6 Å². The summed E-state index contributed by atoms with van der Waals surface area (Å²) in [5, 5.41) is 10.6. The molecule has 1 aliphatic heterocycles. The summed E-state index contributed by atoms with van der Waals surface area (Å²) in [6, 6.07) is 0. The molecule has 1 aromatic rings. The Morgan fingerprint density at radius 3 is 2.25 bits per heavy atom. The first-order valence-corrected chi connectivity index (χ1v) is 8.72. The van der Waals surface area contributed by atoms with Crippen LogP contribution in [0.3, 0.4) is 0 Å². The lowest BCUT2D eigenvalue weighted by molar-refractivity contribution is 0.199. The summed E-state index contributed by atoms with van der Waals surface area (Å²) < 4.78 is 0. The van der Waals surface area contributed by atoms with E-state index in [4.69, 9.17) is 4.98 Å². The van der Waals surface area contributed by atoms with Crippen LogP contribution in [0.2, 0.25) is 0 Å². The minimum absolute atomic E-state index is 0.118. The van der Waals surface area contributed by atoms with Gasteiger partial charge in [-0.3, -0.25) is 0 Å². The molecule has 0 unspecified atom stereocenters. The Labute approximate surface area is 127 Å². The maximum absolute atomic E-state index is 9.49. The zero-order chi connectivity index (χ0) is 14.8. The zero-order valence-corrected chi connectivity index (χ0v) is 14.1. The van der Waals surface area contributed by atoms with Gasteiger partial charge in [0.05, 0.1) is 17.2 Å². The highest BCUT2D eigenvalue weighted by Gasteiger charge is 2.32. The van der Waals surface area contributed by atoms with Crippen LogP contribution in [0.15, 0.2) is 0 Å². The van der Waals surface area contributed by atoms with E-state index in [1.54, 1.807) is 11.3 Å². The highest BCUT2D eigenvalue weighted by Crippen LogP contribution is 2.40. The monoisotopic (exact) mass is 296 g/mol. The summed E-state index contributed by atoms with van der Waals surface area (Å²) in [5.41, 5.74) is 1.63. The number of aromatic nitrogens is 1. The fourth-order valence-corrected chi connectivity index (χ4v) is 4.31. The SMILES string of the molecule is CCC1(CC)CCN(c2nc(C(C)C)c(CO)s2)CC1. The van der Waals surface area contributed by atoms with Gasteiger partial charge in [-0.2, -0.15) is 0 Å². The molecule has 1 aromatic heterocycles. The van der Waals surface area contributed by atoms with E-state index in [9.17, 15) is 5.11 Å². The second kappa shape index (κ2) is 6.44. The molecule has 0 bridgehead atoms. The quantitative estimate of drug-likeness (QED) is 0.886. The first-order valence-electron chi connectivity index (χ1n) is 7.90. The summed E-state index contributed by atoms with van der Waals surface area (Å²) in [5.74, 6) is 0.386. The van der Waals surface area contributed by atoms with Crippen molar-refractivity contribution in [1.82, 2.24) is 4.98 Å². The highest BCUT2D eigenvalue weighted by molar-refractivity contribution is 7.15. The number of rotatable bonds is 5. The molecular weight excluding hydrogens is 268 g/mol. The molecule has 114 valence electrons. The lowest BCUT2D eigenvalue weighted by atomic mass is 9.74. The number of hydrogen-bond donors (Lipinski definition) is 1. The van der Waals surface area contributed by atoms with Crippen LogP contribution in [0.4, 0.5) is 5.13 Å². The Morgan fingerprint density at radius 1 is 1.25 bits per heavy atom. The van der Waals surface area contributed by atoms with Gasteiger partial charge < -0.3 is 10.0 Å². The van der Waals surface area contributed by atoms with E-state index in [0.29, 0.717) is 11.3 Å². The van der Waals surface area contributed by atoms with Crippen molar-refractivity contribution in [3.05, 3.63) is 10.6 Å². The number of thiazole rings is 1. The normalized spacial score (nSPS) is 18.8. The summed E-state index contributed by atoms with van der Waals surface area (Å²) in [6.07, 6.45) is 5.11. The van der Waals surface area contributed by atoms with Crippen LogP contribution in [0.25, 0.3) is 0 Å². The molecule has 1 N–H and O–H groups in total. The molecule has 2 rings (SSSR count). The molecule has 20 heavy (non-hydrogen) atoms. The molecule has 0 spiro atoms. The van der Waals surface area contributed by atoms with E-state index in [1.807, 2.05) is 0 Å². The van der Waals surface area contributed by atoms with Crippen LogP contribution < -0.4 is 4.90 Å². The number of anilines is 1. The Kier molecular flexibility index (Phi) is 5.08. The fraction of sp³-hybridized carbons (Fsp3) is 0.812. The van der Waals surface area contributed by atoms with Crippen LogP contribution in [0.5, 0.6) is 0 Å². The average molecular weight is 296 g/mol. The molecule has 0 aromatic carbocycles. The van der Waals surface area contributed by atoms with Gasteiger partial charge in [0, 0.05) is 13.1 Å². The Balaban J connectivity index is 2.11. The van der Waals surface area contributed by atoms with Crippen molar-refractivity contribution in [3.63, 3.8) is 0 Å².